The van der Waals surface area contributed by atoms with E-state index < -0.39 is 0 Å². The Balaban J connectivity index is 1.64. The SMILES string of the molecule is O=C1C=CC=c2sc(=Cc3sc(NC4CCCC4)nc3O)cc21. The van der Waals surface area contributed by atoms with Gasteiger partial charge in [-0.15, -0.1) is 11.3 Å². The van der Waals surface area contributed by atoms with Gasteiger partial charge in [-0.05, 0) is 37.1 Å². The second-order valence-corrected chi connectivity index (χ2v) is 7.94. The smallest absolute Gasteiger partial charge is 0.231 e. The van der Waals surface area contributed by atoms with Crippen molar-refractivity contribution in [3.63, 3.8) is 0 Å². The number of rotatable bonds is 3. The van der Waals surface area contributed by atoms with E-state index in [0.717, 1.165) is 24.6 Å². The Morgan fingerprint density at radius 2 is 2.13 bits per heavy atom. The molecule has 2 aromatic rings. The fourth-order valence-corrected chi connectivity index (χ4v) is 4.97. The van der Waals surface area contributed by atoms with E-state index >= 15 is 0 Å². The fraction of sp³-hybridized carbons (Fsp3) is 0.294. The maximum absolute atomic E-state index is 11.8. The summed E-state index contributed by atoms with van der Waals surface area (Å²) < 4.78 is 1.92. The van der Waals surface area contributed by atoms with Crippen molar-refractivity contribution in [3.05, 3.63) is 37.7 Å². The Labute approximate surface area is 141 Å². The standard InChI is InChI=1S/C17H16N2O2S2/c20-13-6-3-7-14-12(13)8-11(22-14)9-15-16(21)19-17(23-15)18-10-4-1-2-5-10/h3,6-10,21H,1-2,4-5H2,(H,18,19). The predicted octanol–water partition coefficient (Wildman–Crippen LogP) is 2.63. The summed E-state index contributed by atoms with van der Waals surface area (Å²) in [5, 5.41) is 14.2. The number of carbonyl (C=O) groups is 1. The number of thiazole rings is 1. The van der Waals surface area contributed by atoms with Crippen LogP contribution in [0, 0.1) is 0 Å². The first-order valence-corrected chi connectivity index (χ1v) is 9.33. The van der Waals surface area contributed by atoms with Crippen LogP contribution in [0.1, 0.15) is 40.9 Å². The Hall–Kier alpha value is -1.92. The number of hydrogen-bond acceptors (Lipinski definition) is 6. The molecule has 0 radical (unpaired) electrons. The molecule has 118 valence electrons. The molecule has 2 aliphatic carbocycles. The molecule has 0 atom stereocenters. The van der Waals surface area contributed by atoms with Gasteiger partial charge in [0.15, 0.2) is 10.9 Å². The summed E-state index contributed by atoms with van der Waals surface area (Å²) in [5.41, 5.74) is 0.733. The van der Waals surface area contributed by atoms with Gasteiger partial charge in [0.1, 0.15) is 0 Å². The molecule has 0 aliphatic heterocycles. The first-order valence-electron chi connectivity index (χ1n) is 7.70. The second-order valence-electron chi connectivity index (χ2n) is 5.79. The third-order valence-electron chi connectivity index (χ3n) is 4.13. The topological polar surface area (TPSA) is 62.2 Å². The number of aromatic hydroxyl groups is 1. The summed E-state index contributed by atoms with van der Waals surface area (Å²) in [6.45, 7) is 0. The Kier molecular flexibility index (Phi) is 3.79. The van der Waals surface area contributed by atoms with Crippen LogP contribution in [0.5, 0.6) is 5.88 Å². The number of fused-ring (bicyclic) bond motifs is 1. The van der Waals surface area contributed by atoms with Gasteiger partial charge in [-0.1, -0.05) is 30.3 Å². The van der Waals surface area contributed by atoms with E-state index in [1.165, 1.54) is 37.0 Å². The number of anilines is 1. The number of thiophene rings is 1. The Morgan fingerprint density at radius 3 is 2.91 bits per heavy atom. The Bertz CT molecular complexity index is 902. The highest BCUT2D eigenvalue weighted by atomic mass is 32.1. The molecule has 0 saturated heterocycles. The normalized spacial score (nSPS) is 18.3. The van der Waals surface area contributed by atoms with Crippen LogP contribution in [-0.2, 0) is 0 Å². The second kappa shape index (κ2) is 5.94. The fourth-order valence-electron chi connectivity index (χ4n) is 2.98. The summed E-state index contributed by atoms with van der Waals surface area (Å²) >= 11 is 3.01. The lowest BCUT2D eigenvalue weighted by Crippen LogP contribution is -2.13. The quantitative estimate of drug-likeness (QED) is 0.898. The van der Waals surface area contributed by atoms with E-state index in [0.29, 0.717) is 6.04 Å². The van der Waals surface area contributed by atoms with Crippen molar-refractivity contribution in [2.75, 3.05) is 5.32 Å². The molecule has 0 amide bonds. The lowest BCUT2D eigenvalue weighted by atomic mass is 10.1. The molecular weight excluding hydrogens is 328 g/mol. The lowest BCUT2D eigenvalue weighted by molar-refractivity contribution is 0.104. The third kappa shape index (κ3) is 2.96. The Morgan fingerprint density at radius 1 is 1.30 bits per heavy atom. The van der Waals surface area contributed by atoms with Crippen LogP contribution in [0.15, 0.2) is 18.2 Å². The van der Waals surface area contributed by atoms with Crippen LogP contribution in [0.2, 0.25) is 0 Å². The van der Waals surface area contributed by atoms with Gasteiger partial charge in [-0.2, -0.15) is 4.98 Å². The van der Waals surface area contributed by atoms with Crippen LogP contribution in [-0.4, -0.2) is 21.9 Å². The van der Waals surface area contributed by atoms with E-state index in [-0.39, 0.29) is 11.7 Å². The number of nitrogens with one attached hydrogen (secondary N) is 1. The van der Waals surface area contributed by atoms with Crippen molar-refractivity contribution in [2.45, 2.75) is 31.7 Å². The first-order chi connectivity index (χ1) is 11.2. The van der Waals surface area contributed by atoms with Crippen molar-refractivity contribution in [1.29, 1.82) is 0 Å². The molecule has 0 spiro atoms. The highest BCUT2D eigenvalue weighted by Gasteiger charge is 2.17. The zero-order chi connectivity index (χ0) is 15.8. The molecule has 1 saturated carbocycles. The molecule has 0 bridgehead atoms. The van der Waals surface area contributed by atoms with Crippen LogP contribution >= 0.6 is 22.7 Å². The molecule has 0 unspecified atom stereocenters. The predicted molar refractivity (Wildman–Crippen MR) is 94.7 cm³/mol. The van der Waals surface area contributed by atoms with Gasteiger partial charge < -0.3 is 10.4 Å². The number of hydrogen-bond donors (Lipinski definition) is 2. The molecule has 6 heteroatoms. The molecule has 2 N–H and O–H groups in total. The summed E-state index contributed by atoms with van der Waals surface area (Å²) in [5.74, 6) is 0.0887. The van der Waals surface area contributed by atoms with Crippen molar-refractivity contribution in [1.82, 2.24) is 4.98 Å². The number of aromatic nitrogens is 1. The van der Waals surface area contributed by atoms with E-state index in [1.807, 2.05) is 18.2 Å². The zero-order valence-electron chi connectivity index (χ0n) is 12.4. The average molecular weight is 344 g/mol. The van der Waals surface area contributed by atoms with Gasteiger partial charge in [0.2, 0.25) is 5.88 Å². The van der Waals surface area contributed by atoms with Gasteiger partial charge in [0, 0.05) is 20.7 Å². The van der Waals surface area contributed by atoms with Crippen LogP contribution in [0.4, 0.5) is 5.13 Å². The van der Waals surface area contributed by atoms with E-state index in [9.17, 15) is 9.90 Å². The summed E-state index contributed by atoms with van der Waals surface area (Å²) in [7, 11) is 0. The molecule has 2 heterocycles. The molecule has 23 heavy (non-hydrogen) atoms. The monoisotopic (exact) mass is 344 g/mol. The molecule has 4 rings (SSSR count). The first kappa shape index (κ1) is 14.7. The number of ketones is 1. The minimum absolute atomic E-state index is 0.0375. The largest absolute Gasteiger partial charge is 0.492 e. The van der Waals surface area contributed by atoms with Crippen molar-refractivity contribution in [2.24, 2.45) is 0 Å². The van der Waals surface area contributed by atoms with Gasteiger partial charge >= 0.3 is 0 Å². The van der Waals surface area contributed by atoms with E-state index in [4.69, 9.17) is 0 Å². The molecule has 1 fully saturated rings. The van der Waals surface area contributed by atoms with Crippen LogP contribution in [0.3, 0.4) is 0 Å². The number of nitrogens with zero attached hydrogens (tertiary/aromatic N) is 1. The van der Waals surface area contributed by atoms with Gasteiger partial charge in [-0.3, -0.25) is 4.79 Å². The van der Waals surface area contributed by atoms with E-state index in [1.54, 1.807) is 23.5 Å². The highest BCUT2D eigenvalue weighted by molar-refractivity contribution is 7.17. The third-order valence-corrected chi connectivity index (χ3v) is 6.10. The minimum atomic E-state index is 0.0375. The lowest BCUT2D eigenvalue weighted by Gasteiger charge is -2.08. The van der Waals surface area contributed by atoms with Crippen LogP contribution < -0.4 is 14.4 Å². The molecule has 0 aromatic carbocycles. The summed E-state index contributed by atoms with van der Waals surface area (Å²) in [4.78, 5) is 16.8. The van der Waals surface area contributed by atoms with Crippen molar-refractivity contribution in [3.8, 4) is 5.88 Å². The highest BCUT2D eigenvalue weighted by Crippen LogP contribution is 2.31. The summed E-state index contributed by atoms with van der Waals surface area (Å²) in [6, 6.07) is 2.35. The minimum Gasteiger partial charge on any atom is -0.492 e. The molecule has 4 nitrogen and oxygen atoms in total. The maximum Gasteiger partial charge on any atom is 0.231 e. The molecule has 2 aliphatic rings. The number of carbonyl (C=O) groups excluding carboxylic acids is 1. The van der Waals surface area contributed by atoms with Gasteiger partial charge in [0.25, 0.3) is 0 Å². The molecule has 2 aromatic heterocycles. The van der Waals surface area contributed by atoms with Crippen molar-refractivity contribution >= 4 is 45.7 Å². The van der Waals surface area contributed by atoms with Crippen LogP contribution in [0.25, 0.3) is 12.2 Å². The van der Waals surface area contributed by atoms with Gasteiger partial charge in [0.05, 0.1) is 4.88 Å². The zero-order valence-corrected chi connectivity index (χ0v) is 14.0. The van der Waals surface area contributed by atoms with Gasteiger partial charge in [-0.25, -0.2) is 0 Å². The van der Waals surface area contributed by atoms with Crippen molar-refractivity contribution < 1.29 is 9.90 Å². The number of allylic oxidation sites excluding steroid dienone is 2. The summed E-state index contributed by atoms with van der Waals surface area (Å²) in [6.07, 6.45) is 12.0. The van der Waals surface area contributed by atoms with E-state index in [2.05, 4.69) is 10.3 Å². The maximum atomic E-state index is 11.8. The average Bonchev–Trinajstić information content (AvgIpc) is 3.22. The molecular formula is C17H16N2O2S2.